The molecule has 0 saturated heterocycles. The Morgan fingerprint density at radius 1 is 0.529 bits per heavy atom. The van der Waals surface area contributed by atoms with E-state index in [1.807, 2.05) is 72.8 Å². The van der Waals surface area contributed by atoms with Crippen LogP contribution in [0.4, 0.5) is 0 Å². The lowest BCUT2D eigenvalue weighted by Gasteiger charge is -2.08. The Morgan fingerprint density at radius 2 is 1.03 bits per heavy atom. The van der Waals surface area contributed by atoms with Gasteiger partial charge in [0.1, 0.15) is 17.7 Å². The van der Waals surface area contributed by atoms with Crippen molar-refractivity contribution in [3.63, 3.8) is 0 Å². The van der Waals surface area contributed by atoms with Crippen LogP contribution in [0.2, 0.25) is 0 Å². The summed E-state index contributed by atoms with van der Waals surface area (Å²) in [5, 5.41) is 24.7. The topological polar surface area (TPSA) is 81.7 Å². The van der Waals surface area contributed by atoms with Gasteiger partial charge < -0.3 is 0 Å². The van der Waals surface area contributed by atoms with Gasteiger partial charge in [-0.1, -0.05) is 72.8 Å². The van der Waals surface area contributed by atoms with Crippen molar-refractivity contribution in [1.82, 2.24) is 0 Å². The average Bonchev–Trinajstić information content (AvgIpc) is 3.47. The molecule has 0 unspecified atom stereocenters. The van der Waals surface area contributed by atoms with E-state index in [1.165, 1.54) is 0 Å². The van der Waals surface area contributed by atoms with Gasteiger partial charge in [0.05, 0.1) is 0 Å². The molecule has 0 fully saturated rings. The second kappa shape index (κ2) is 6.25. The largest absolute Gasteiger partial charge is 0.289 e. The van der Waals surface area contributed by atoms with Gasteiger partial charge >= 0.3 is 0 Å². The molecule has 154 valence electrons. The molecule has 1 aliphatic rings. The SMILES string of the molecule is N#CC(C#N)=C1c2ccccc2-c2c1c1c3ccccc3c(=O)c1c1c2c(=O)c2ccccc21. The van der Waals surface area contributed by atoms with E-state index in [0.717, 1.165) is 21.9 Å². The average molecular weight is 432 g/mol. The van der Waals surface area contributed by atoms with Crippen LogP contribution >= 0.6 is 0 Å². The fourth-order valence-electron chi connectivity index (χ4n) is 5.78. The van der Waals surface area contributed by atoms with Crippen molar-refractivity contribution in [3.8, 4) is 23.3 Å². The molecule has 4 nitrogen and oxygen atoms in total. The minimum atomic E-state index is -0.139. The highest BCUT2D eigenvalue weighted by Crippen LogP contribution is 2.53. The number of hydrogen-bond donors (Lipinski definition) is 0. The molecule has 0 heterocycles. The van der Waals surface area contributed by atoms with Gasteiger partial charge in [-0.25, -0.2) is 0 Å². The molecule has 0 amide bonds. The summed E-state index contributed by atoms with van der Waals surface area (Å²) in [5.74, 6) is 0. The summed E-state index contributed by atoms with van der Waals surface area (Å²) in [6.07, 6.45) is 0. The third-order valence-electron chi connectivity index (χ3n) is 7.03. The zero-order valence-electron chi connectivity index (χ0n) is 17.6. The van der Waals surface area contributed by atoms with E-state index < -0.39 is 0 Å². The van der Waals surface area contributed by atoms with Crippen LogP contribution in [0, 0.1) is 22.7 Å². The predicted molar refractivity (Wildman–Crippen MR) is 134 cm³/mol. The van der Waals surface area contributed by atoms with Crippen LogP contribution in [0.3, 0.4) is 0 Å². The van der Waals surface area contributed by atoms with Gasteiger partial charge in [-0.15, -0.1) is 0 Å². The Labute approximate surface area is 192 Å². The quantitative estimate of drug-likeness (QED) is 0.287. The van der Waals surface area contributed by atoms with Crippen molar-refractivity contribution in [2.45, 2.75) is 0 Å². The smallest absolute Gasteiger partial charge is 0.194 e. The minimum Gasteiger partial charge on any atom is -0.289 e. The number of hydrogen-bond acceptors (Lipinski definition) is 4. The van der Waals surface area contributed by atoms with Crippen molar-refractivity contribution in [1.29, 1.82) is 10.5 Å². The van der Waals surface area contributed by atoms with Gasteiger partial charge in [0.2, 0.25) is 0 Å². The number of rotatable bonds is 0. The van der Waals surface area contributed by atoms with Crippen LogP contribution in [-0.4, -0.2) is 0 Å². The lowest BCUT2D eigenvalue weighted by atomic mass is 9.91. The van der Waals surface area contributed by atoms with E-state index in [9.17, 15) is 20.1 Å². The molecule has 0 radical (unpaired) electrons. The molecule has 0 saturated carbocycles. The highest BCUT2D eigenvalue weighted by molar-refractivity contribution is 6.36. The maximum absolute atomic E-state index is 13.8. The Bertz CT molecular complexity index is 2110. The lowest BCUT2D eigenvalue weighted by Crippen LogP contribution is -2.00. The lowest BCUT2D eigenvalue weighted by molar-refractivity contribution is 1.46. The van der Waals surface area contributed by atoms with Crippen LogP contribution in [0.1, 0.15) is 11.1 Å². The van der Waals surface area contributed by atoms with Crippen molar-refractivity contribution >= 4 is 48.7 Å². The standard InChI is InChI=1S/C30H12N2O2/c31-13-15(14-32)22-16-7-1-2-8-17(16)23-26(22)24-18-9-3-5-11-20(18)29(33)28(24)25-19-10-4-6-12-21(19)30(34)27(23)25/h1-12H. The Balaban J connectivity index is 1.96. The summed E-state index contributed by atoms with van der Waals surface area (Å²) in [7, 11) is 0. The summed E-state index contributed by atoms with van der Waals surface area (Å²) in [5.41, 5.74) is 3.04. The van der Waals surface area contributed by atoms with E-state index in [1.54, 1.807) is 12.1 Å². The monoisotopic (exact) mass is 432 g/mol. The number of nitriles is 2. The van der Waals surface area contributed by atoms with Gasteiger partial charge in [0.25, 0.3) is 0 Å². The minimum absolute atomic E-state index is 0.0341. The summed E-state index contributed by atoms with van der Waals surface area (Å²) in [4.78, 5) is 27.6. The second-order valence-corrected chi connectivity index (χ2v) is 8.52. The molecular formula is C30H12N2O2. The van der Waals surface area contributed by atoms with Crippen molar-refractivity contribution in [2.24, 2.45) is 0 Å². The van der Waals surface area contributed by atoms with Gasteiger partial charge in [0.15, 0.2) is 10.9 Å². The molecule has 0 aliphatic heterocycles. The van der Waals surface area contributed by atoms with Crippen molar-refractivity contribution < 1.29 is 0 Å². The summed E-state index contributed by atoms with van der Waals surface area (Å²) < 4.78 is 0. The van der Waals surface area contributed by atoms with Crippen LogP contribution in [0.25, 0.3) is 59.8 Å². The molecule has 34 heavy (non-hydrogen) atoms. The molecular weight excluding hydrogens is 420 g/mol. The molecule has 0 atom stereocenters. The fourth-order valence-corrected chi connectivity index (χ4v) is 5.78. The van der Waals surface area contributed by atoms with Crippen LogP contribution < -0.4 is 10.9 Å². The van der Waals surface area contributed by atoms with Crippen LogP contribution in [0.15, 0.2) is 88.0 Å². The second-order valence-electron chi connectivity index (χ2n) is 8.52. The Hall–Kier alpha value is -5.06. The van der Waals surface area contributed by atoms with E-state index in [4.69, 9.17) is 0 Å². The summed E-state index contributed by atoms with van der Waals surface area (Å²) in [6, 6.07) is 26.4. The van der Waals surface area contributed by atoms with Crippen molar-refractivity contribution in [3.05, 3.63) is 110 Å². The summed E-state index contributed by atoms with van der Waals surface area (Å²) in [6.45, 7) is 0. The number of allylic oxidation sites excluding steroid dienone is 1. The molecule has 6 aromatic rings. The molecule has 7 rings (SSSR count). The zero-order chi connectivity index (χ0) is 23.1. The van der Waals surface area contributed by atoms with Crippen LogP contribution in [0.5, 0.6) is 0 Å². The first-order valence-corrected chi connectivity index (χ1v) is 10.8. The molecule has 0 N–H and O–H groups in total. The number of fused-ring (bicyclic) bond motifs is 12. The first kappa shape index (κ1) is 18.5. The highest BCUT2D eigenvalue weighted by atomic mass is 16.1. The van der Waals surface area contributed by atoms with Crippen LogP contribution in [-0.2, 0) is 0 Å². The Kier molecular flexibility index (Phi) is 3.40. The van der Waals surface area contributed by atoms with E-state index in [-0.39, 0.29) is 16.4 Å². The maximum atomic E-state index is 13.8. The first-order chi connectivity index (χ1) is 16.7. The Morgan fingerprint density at radius 3 is 1.65 bits per heavy atom. The van der Waals surface area contributed by atoms with E-state index >= 15 is 0 Å². The third kappa shape index (κ3) is 1.97. The molecule has 4 heteroatoms. The van der Waals surface area contributed by atoms with E-state index in [0.29, 0.717) is 49.0 Å². The summed E-state index contributed by atoms with van der Waals surface area (Å²) >= 11 is 0. The number of nitrogens with zero attached hydrogens (tertiary/aromatic N) is 2. The molecule has 0 bridgehead atoms. The van der Waals surface area contributed by atoms with Gasteiger partial charge in [0, 0.05) is 49.0 Å². The fraction of sp³-hybridized carbons (Fsp3) is 0. The van der Waals surface area contributed by atoms with Crippen molar-refractivity contribution in [2.75, 3.05) is 0 Å². The van der Waals surface area contributed by atoms with Gasteiger partial charge in [-0.3, -0.25) is 9.59 Å². The van der Waals surface area contributed by atoms with Gasteiger partial charge in [-0.05, 0) is 21.9 Å². The molecule has 6 aromatic carbocycles. The maximum Gasteiger partial charge on any atom is 0.194 e. The van der Waals surface area contributed by atoms with Gasteiger partial charge in [-0.2, -0.15) is 10.5 Å². The molecule has 0 spiro atoms. The van der Waals surface area contributed by atoms with E-state index in [2.05, 4.69) is 0 Å². The third-order valence-corrected chi connectivity index (χ3v) is 7.03. The highest BCUT2D eigenvalue weighted by Gasteiger charge is 2.35. The molecule has 0 aromatic heterocycles. The predicted octanol–water partition coefficient (Wildman–Crippen LogP) is 5.72. The normalized spacial score (nSPS) is 12.2. The molecule has 1 aliphatic carbocycles. The zero-order valence-corrected chi connectivity index (χ0v) is 17.6. The number of benzene rings is 4. The first-order valence-electron chi connectivity index (χ1n) is 10.8.